The molecule has 0 spiro atoms. The first-order chi connectivity index (χ1) is 13.1. The zero-order valence-electron chi connectivity index (χ0n) is 15.5. The van der Waals surface area contributed by atoms with E-state index in [4.69, 9.17) is 16.6 Å². The fraction of sp³-hybridized carbons (Fsp3) is 0.364. The highest BCUT2D eigenvalue weighted by atomic mass is 35.5. The smallest absolute Gasteiger partial charge is 0.225 e. The normalized spacial score (nSPS) is 14.7. The Labute approximate surface area is 164 Å². The Morgan fingerprint density at radius 2 is 2.07 bits per heavy atom. The number of nitrogens with one attached hydrogen (secondary N) is 1. The number of nitrogens with zero attached hydrogens (tertiary/aromatic N) is 2. The number of hydrogen-bond acceptors (Lipinski definition) is 2. The van der Waals surface area contributed by atoms with Crippen LogP contribution in [0.1, 0.15) is 44.1 Å². The van der Waals surface area contributed by atoms with Gasteiger partial charge in [0.2, 0.25) is 5.91 Å². The number of hydrogen-bond donors (Lipinski definition) is 1. The van der Waals surface area contributed by atoms with Crippen molar-refractivity contribution in [2.24, 2.45) is 5.92 Å². The molecule has 5 heteroatoms. The van der Waals surface area contributed by atoms with Crippen molar-refractivity contribution in [3.63, 3.8) is 0 Å². The van der Waals surface area contributed by atoms with E-state index in [9.17, 15) is 4.79 Å². The molecule has 1 fully saturated rings. The molecular weight excluding hydrogens is 358 g/mol. The van der Waals surface area contributed by atoms with E-state index in [1.165, 1.54) is 25.7 Å². The van der Waals surface area contributed by atoms with Gasteiger partial charge < -0.3 is 5.32 Å². The lowest BCUT2D eigenvalue weighted by molar-refractivity contribution is -0.116. The Kier molecular flexibility index (Phi) is 5.17. The van der Waals surface area contributed by atoms with Crippen LogP contribution < -0.4 is 5.32 Å². The molecule has 0 unspecified atom stereocenters. The van der Waals surface area contributed by atoms with Gasteiger partial charge in [-0.2, -0.15) is 0 Å². The molecule has 4 rings (SSSR count). The Morgan fingerprint density at radius 1 is 1.26 bits per heavy atom. The van der Waals surface area contributed by atoms with E-state index < -0.39 is 0 Å². The van der Waals surface area contributed by atoms with Gasteiger partial charge in [-0.05, 0) is 49.1 Å². The molecule has 1 saturated carbocycles. The van der Waals surface area contributed by atoms with Crippen LogP contribution in [0, 0.1) is 12.8 Å². The summed E-state index contributed by atoms with van der Waals surface area (Å²) in [5, 5.41) is 3.77. The van der Waals surface area contributed by atoms with Gasteiger partial charge in [-0.3, -0.25) is 9.20 Å². The summed E-state index contributed by atoms with van der Waals surface area (Å²) in [4.78, 5) is 17.4. The Balaban J connectivity index is 1.64. The molecule has 0 saturated heterocycles. The molecule has 1 aliphatic rings. The molecule has 2 aromatic heterocycles. The maximum Gasteiger partial charge on any atom is 0.225 e. The second kappa shape index (κ2) is 7.73. The van der Waals surface area contributed by atoms with Gasteiger partial charge in [0.15, 0.2) is 0 Å². The van der Waals surface area contributed by atoms with Crippen LogP contribution in [0.3, 0.4) is 0 Å². The molecule has 0 atom stereocenters. The number of anilines is 1. The summed E-state index contributed by atoms with van der Waals surface area (Å²) in [6.07, 6.45) is 8.60. The Hall–Kier alpha value is -2.33. The average Bonchev–Trinajstić information content (AvgIpc) is 3.28. The van der Waals surface area contributed by atoms with Crippen LogP contribution in [0.4, 0.5) is 5.82 Å². The summed E-state index contributed by atoms with van der Waals surface area (Å²) >= 11 is 6.18. The molecule has 4 nitrogen and oxygen atoms in total. The van der Waals surface area contributed by atoms with Gasteiger partial charge in [0, 0.05) is 23.2 Å². The minimum Gasteiger partial charge on any atom is -0.310 e. The summed E-state index contributed by atoms with van der Waals surface area (Å²) in [6, 6.07) is 11.6. The number of carbonyl (C=O) groups is 1. The summed E-state index contributed by atoms with van der Waals surface area (Å²) in [6.45, 7) is 2.04. The number of halogens is 1. The third-order valence-electron chi connectivity index (χ3n) is 5.39. The molecule has 1 aliphatic carbocycles. The van der Waals surface area contributed by atoms with E-state index in [1.54, 1.807) is 0 Å². The van der Waals surface area contributed by atoms with E-state index in [-0.39, 0.29) is 5.91 Å². The minimum atomic E-state index is 0.0487. The van der Waals surface area contributed by atoms with Crippen molar-refractivity contribution in [1.82, 2.24) is 9.38 Å². The second-order valence-electron chi connectivity index (χ2n) is 7.49. The van der Waals surface area contributed by atoms with Gasteiger partial charge in [0.05, 0.1) is 0 Å². The van der Waals surface area contributed by atoms with Gasteiger partial charge in [0.1, 0.15) is 17.2 Å². The molecule has 0 bridgehead atoms. The number of aryl methyl sites for hydroxylation is 1. The van der Waals surface area contributed by atoms with Crippen LogP contribution in [-0.4, -0.2) is 15.3 Å². The molecule has 0 aliphatic heterocycles. The second-order valence-corrected chi connectivity index (χ2v) is 7.93. The predicted molar refractivity (Wildman–Crippen MR) is 110 cm³/mol. The van der Waals surface area contributed by atoms with Crippen molar-refractivity contribution in [2.75, 3.05) is 5.32 Å². The van der Waals surface area contributed by atoms with Gasteiger partial charge in [-0.15, -0.1) is 0 Å². The minimum absolute atomic E-state index is 0.0487. The highest BCUT2D eigenvalue weighted by Crippen LogP contribution is 2.32. The highest BCUT2D eigenvalue weighted by molar-refractivity contribution is 6.30. The average molecular weight is 382 g/mol. The van der Waals surface area contributed by atoms with Gasteiger partial charge in [-0.25, -0.2) is 4.98 Å². The van der Waals surface area contributed by atoms with Gasteiger partial charge in [0.25, 0.3) is 0 Å². The van der Waals surface area contributed by atoms with E-state index in [2.05, 4.69) is 5.32 Å². The van der Waals surface area contributed by atoms with Crippen molar-refractivity contribution in [2.45, 2.75) is 45.4 Å². The third kappa shape index (κ3) is 4.01. The van der Waals surface area contributed by atoms with Gasteiger partial charge >= 0.3 is 0 Å². The predicted octanol–water partition coefficient (Wildman–Crippen LogP) is 5.87. The molecule has 0 radical (unpaired) electrons. The fourth-order valence-electron chi connectivity index (χ4n) is 3.93. The number of imidazole rings is 1. The first kappa shape index (κ1) is 18.1. The number of pyridine rings is 1. The third-order valence-corrected chi connectivity index (χ3v) is 5.63. The summed E-state index contributed by atoms with van der Waals surface area (Å²) < 4.78 is 1.94. The Bertz CT molecular complexity index is 973. The van der Waals surface area contributed by atoms with E-state index in [0.717, 1.165) is 28.9 Å². The highest BCUT2D eigenvalue weighted by Gasteiger charge is 2.19. The first-order valence-corrected chi connectivity index (χ1v) is 10.0. The number of benzene rings is 1. The number of fused-ring (bicyclic) bond motifs is 1. The molecule has 27 heavy (non-hydrogen) atoms. The summed E-state index contributed by atoms with van der Waals surface area (Å²) in [5.41, 5.74) is 3.59. The zero-order valence-corrected chi connectivity index (χ0v) is 16.3. The van der Waals surface area contributed by atoms with E-state index in [0.29, 0.717) is 23.2 Å². The lowest BCUT2D eigenvalue weighted by atomic mass is 10.0. The van der Waals surface area contributed by atoms with Crippen LogP contribution in [-0.2, 0) is 4.79 Å². The molecule has 1 amide bonds. The molecule has 140 valence electrons. The van der Waals surface area contributed by atoms with Crippen molar-refractivity contribution in [3.8, 4) is 11.3 Å². The molecule has 1 aromatic carbocycles. The van der Waals surface area contributed by atoms with Crippen molar-refractivity contribution in [3.05, 3.63) is 53.2 Å². The summed E-state index contributed by atoms with van der Waals surface area (Å²) in [5.74, 6) is 1.46. The fourth-order valence-corrected chi connectivity index (χ4v) is 4.12. The van der Waals surface area contributed by atoms with E-state index in [1.807, 2.05) is 53.9 Å². The number of aromatic nitrogens is 2. The first-order valence-electron chi connectivity index (χ1n) is 9.64. The molecular formula is C22H24ClN3O. The maximum atomic E-state index is 12.6. The number of rotatable bonds is 5. The molecule has 2 heterocycles. The van der Waals surface area contributed by atoms with Gasteiger partial charge in [-0.1, -0.05) is 49.4 Å². The standard InChI is InChI=1S/C22H24ClN3O/c1-15-11-12-26-19(13-15)24-21(17-7-4-8-18(23)14-17)22(26)25-20(27)10-9-16-5-2-3-6-16/h4,7-8,11-14,16H,2-3,5-6,9-10H2,1H3,(H,25,27). The molecule has 1 N–H and O–H groups in total. The van der Waals surface area contributed by atoms with Crippen LogP contribution in [0.15, 0.2) is 42.6 Å². The van der Waals surface area contributed by atoms with Crippen molar-refractivity contribution < 1.29 is 4.79 Å². The lowest BCUT2D eigenvalue weighted by Crippen LogP contribution is -2.14. The quantitative estimate of drug-likeness (QED) is 0.600. The van der Waals surface area contributed by atoms with Crippen molar-refractivity contribution >= 4 is 29.0 Å². The van der Waals surface area contributed by atoms with Crippen LogP contribution >= 0.6 is 11.6 Å². The largest absolute Gasteiger partial charge is 0.310 e. The Morgan fingerprint density at radius 3 is 2.85 bits per heavy atom. The SMILES string of the molecule is Cc1ccn2c(NC(=O)CCC3CCCC3)c(-c3cccc(Cl)c3)nc2c1. The maximum absolute atomic E-state index is 12.6. The topological polar surface area (TPSA) is 46.4 Å². The lowest BCUT2D eigenvalue weighted by Gasteiger charge is -2.10. The molecule has 3 aromatic rings. The monoisotopic (exact) mass is 381 g/mol. The number of amides is 1. The van der Waals surface area contributed by atoms with Crippen LogP contribution in [0.25, 0.3) is 16.9 Å². The number of carbonyl (C=O) groups excluding carboxylic acids is 1. The van der Waals surface area contributed by atoms with Crippen LogP contribution in [0.5, 0.6) is 0 Å². The summed E-state index contributed by atoms with van der Waals surface area (Å²) in [7, 11) is 0. The zero-order chi connectivity index (χ0) is 18.8. The van der Waals surface area contributed by atoms with Crippen LogP contribution in [0.2, 0.25) is 5.02 Å². The van der Waals surface area contributed by atoms with E-state index >= 15 is 0 Å². The van der Waals surface area contributed by atoms with Crippen molar-refractivity contribution in [1.29, 1.82) is 0 Å².